The molecule has 0 saturated heterocycles. The minimum Gasteiger partial charge on any atom is -0.489 e. The first-order chi connectivity index (χ1) is 12.7. The van der Waals surface area contributed by atoms with Gasteiger partial charge in [-0.3, -0.25) is 14.9 Å². The number of likely N-dealkylation sites (N-methyl/N-ethyl adjacent to an activating group) is 1. The van der Waals surface area contributed by atoms with Crippen molar-refractivity contribution in [3.05, 3.63) is 70.3 Å². The smallest absolute Gasteiger partial charge is 0.273 e. The summed E-state index contributed by atoms with van der Waals surface area (Å²) >= 11 is 0. The van der Waals surface area contributed by atoms with Gasteiger partial charge in [-0.1, -0.05) is 30.3 Å². The van der Waals surface area contributed by atoms with Crippen molar-refractivity contribution in [2.75, 3.05) is 7.05 Å². The van der Waals surface area contributed by atoms with Gasteiger partial charge in [0.15, 0.2) is 11.1 Å². The molecule has 134 valence electrons. The Labute approximate surface area is 149 Å². The van der Waals surface area contributed by atoms with Crippen molar-refractivity contribution >= 4 is 18.4 Å². The quantitative estimate of drug-likeness (QED) is 0.309. The minimum atomic E-state index is -0.628. The van der Waals surface area contributed by atoms with Crippen LogP contribution in [0.2, 0.25) is 0 Å². The molecule has 2 rings (SSSR count). The standard InChI is InChI=1S/C18H17N3O5/c1-19-16(18(23)20-12-22)9-14-7-8-15(10-17(14)26-21-24)25-11-13-5-3-2-4-6-13/h2-10,12,19H,11H2,1H3,(H,20,22,23)/b16-9+. The van der Waals surface area contributed by atoms with Crippen molar-refractivity contribution in [3.8, 4) is 11.5 Å². The Morgan fingerprint density at radius 2 is 1.96 bits per heavy atom. The molecule has 2 aromatic carbocycles. The van der Waals surface area contributed by atoms with E-state index in [-0.39, 0.29) is 17.9 Å². The van der Waals surface area contributed by atoms with Crippen molar-refractivity contribution < 1.29 is 19.2 Å². The van der Waals surface area contributed by atoms with Crippen molar-refractivity contribution in [1.82, 2.24) is 10.6 Å². The molecular formula is C18H17N3O5. The number of benzene rings is 2. The van der Waals surface area contributed by atoms with Gasteiger partial charge in [0.2, 0.25) is 6.41 Å². The molecular weight excluding hydrogens is 338 g/mol. The average molecular weight is 355 g/mol. The van der Waals surface area contributed by atoms with Crippen LogP contribution in [0.15, 0.2) is 59.6 Å². The van der Waals surface area contributed by atoms with Gasteiger partial charge < -0.3 is 14.9 Å². The van der Waals surface area contributed by atoms with Crippen LogP contribution in [0.3, 0.4) is 0 Å². The Kier molecular flexibility index (Phi) is 6.87. The highest BCUT2D eigenvalue weighted by molar-refractivity contribution is 6.02. The summed E-state index contributed by atoms with van der Waals surface area (Å²) in [5, 5.41) is 7.11. The Morgan fingerprint density at radius 1 is 1.19 bits per heavy atom. The second-order valence-corrected chi connectivity index (χ2v) is 5.04. The van der Waals surface area contributed by atoms with Crippen LogP contribution in [-0.4, -0.2) is 19.4 Å². The third kappa shape index (κ3) is 5.17. The van der Waals surface area contributed by atoms with E-state index in [9.17, 15) is 14.5 Å². The van der Waals surface area contributed by atoms with E-state index in [0.29, 0.717) is 17.9 Å². The molecule has 8 heteroatoms. The highest BCUT2D eigenvalue weighted by Gasteiger charge is 2.11. The molecule has 0 aromatic heterocycles. The van der Waals surface area contributed by atoms with Crippen LogP contribution < -0.4 is 20.2 Å². The number of nitrogens with one attached hydrogen (secondary N) is 2. The molecule has 0 saturated carbocycles. The molecule has 0 atom stereocenters. The van der Waals surface area contributed by atoms with Crippen LogP contribution in [0.1, 0.15) is 11.1 Å². The first-order valence-electron chi connectivity index (χ1n) is 7.62. The van der Waals surface area contributed by atoms with E-state index in [1.807, 2.05) is 35.6 Å². The molecule has 0 fully saturated rings. The Balaban J connectivity index is 2.23. The van der Waals surface area contributed by atoms with Gasteiger partial charge in [-0.25, -0.2) is 0 Å². The summed E-state index contributed by atoms with van der Waals surface area (Å²) in [6.07, 6.45) is 1.69. The maximum atomic E-state index is 11.8. The molecule has 26 heavy (non-hydrogen) atoms. The van der Waals surface area contributed by atoms with E-state index in [1.54, 1.807) is 12.1 Å². The molecule has 0 unspecified atom stereocenters. The van der Waals surface area contributed by atoms with E-state index in [2.05, 4.69) is 10.7 Å². The van der Waals surface area contributed by atoms with Crippen LogP contribution in [0.5, 0.6) is 11.5 Å². The molecule has 0 aliphatic rings. The Bertz CT molecular complexity index is 806. The third-order valence-electron chi connectivity index (χ3n) is 3.37. The van der Waals surface area contributed by atoms with Gasteiger partial charge in [0.1, 0.15) is 18.1 Å². The van der Waals surface area contributed by atoms with E-state index < -0.39 is 5.91 Å². The second kappa shape index (κ2) is 9.58. The maximum absolute atomic E-state index is 11.8. The van der Waals surface area contributed by atoms with Crippen LogP contribution >= 0.6 is 0 Å². The fraction of sp³-hybridized carbons (Fsp3) is 0.111. The number of ether oxygens (including phenoxy) is 1. The summed E-state index contributed by atoms with van der Waals surface area (Å²) in [5.41, 5.74) is 1.49. The predicted molar refractivity (Wildman–Crippen MR) is 94.9 cm³/mol. The number of carbonyl (C=O) groups is 2. The van der Waals surface area contributed by atoms with Crippen LogP contribution in [-0.2, 0) is 16.2 Å². The average Bonchev–Trinajstić information content (AvgIpc) is 2.67. The summed E-state index contributed by atoms with van der Waals surface area (Å²) in [7, 11) is 1.52. The molecule has 0 aliphatic carbocycles. The zero-order chi connectivity index (χ0) is 18.8. The number of nitrogens with zero attached hydrogens (tertiary/aromatic N) is 1. The number of rotatable bonds is 9. The van der Waals surface area contributed by atoms with Crippen molar-refractivity contribution in [2.45, 2.75) is 6.61 Å². The lowest BCUT2D eigenvalue weighted by molar-refractivity contribution is -0.122. The summed E-state index contributed by atoms with van der Waals surface area (Å²) < 4.78 is 5.67. The van der Waals surface area contributed by atoms with Gasteiger partial charge in [-0.15, -0.1) is 4.91 Å². The highest BCUT2D eigenvalue weighted by atomic mass is 16.7. The molecule has 2 N–H and O–H groups in total. The van der Waals surface area contributed by atoms with Crippen LogP contribution in [0.4, 0.5) is 0 Å². The van der Waals surface area contributed by atoms with E-state index in [0.717, 1.165) is 5.56 Å². The fourth-order valence-corrected chi connectivity index (χ4v) is 2.12. The summed E-state index contributed by atoms with van der Waals surface area (Å²) in [4.78, 5) is 37.4. The van der Waals surface area contributed by atoms with Gasteiger partial charge in [0, 0.05) is 18.7 Å². The highest BCUT2D eigenvalue weighted by Crippen LogP contribution is 2.27. The lowest BCUT2D eigenvalue weighted by Gasteiger charge is -2.10. The second-order valence-electron chi connectivity index (χ2n) is 5.04. The van der Waals surface area contributed by atoms with Gasteiger partial charge >= 0.3 is 0 Å². The number of carbonyl (C=O) groups excluding carboxylic acids is 2. The Morgan fingerprint density at radius 3 is 2.62 bits per heavy atom. The van der Waals surface area contributed by atoms with Gasteiger partial charge in [0.25, 0.3) is 5.91 Å². The van der Waals surface area contributed by atoms with Crippen molar-refractivity contribution in [1.29, 1.82) is 0 Å². The van der Waals surface area contributed by atoms with Gasteiger partial charge in [-0.2, -0.15) is 0 Å². The van der Waals surface area contributed by atoms with Gasteiger partial charge in [-0.05, 0) is 23.8 Å². The number of amides is 2. The van der Waals surface area contributed by atoms with Crippen molar-refractivity contribution in [2.24, 2.45) is 5.34 Å². The summed E-state index contributed by atoms with van der Waals surface area (Å²) in [5.74, 6) is -0.0536. The molecule has 2 amide bonds. The normalized spacial score (nSPS) is 10.6. The minimum absolute atomic E-state index is 0.103. The predicted octanol–water partition coefficient (Wildman–Crippen LogP) is 2.16. The molecule has 0 radical (unpaired) electrons. The van der Waals surface area contributed by atoms with Crippen molar-refractivity contribution in [3.63, 3.8) is 0 Å². The lowest BCUT2D eigenvalue weighted by atomic mass is 10.1. The molecule has 0 spiro atoms. The first-order valence-corrected chi connectivity index (χ1v) is 7.62. The van der Waals surface area contributed by atoms with E-state index in [4.69, 9.17) is 9.57 Å². The number of imide groups is 1. The zero-order valence-corrected chi connectivity index (χ0v) is 14.0. The molecule has 0 aliphatic heterocycles. The fourth-order valence-electron chi connectivity index (χ4n) is 2.12. The third-order valence-corrected chi connectivity index (χ3v) is 3.37. The van der Waals surface area contributed by atoms with Crippen LogP contribution in [0, 0.1) is 4.91 Å². The lowest BCUT2D eigenvalue weighted by Crippen LogP contribution is -2.28. The Hall–Kier alpha value is -3.68. The van der Waals surface area contributed by atoms with E-state index >= 15 is 0 Å². The zero-order valence-electron chi connectivity index (χ0n) is 14.0. The largest absolute Gasteiger partial charge is 0.489 e. The molecule has 0 heterocycles. The molecule has 2 aromatic rings. The van der Waals surface area contributed by atoms with Crippen LogP contribution in [0.25, 0.3) is 6.08 Å². The SMILES string of the molecule is CN/C(=C/c1ccc(OCc2ccccc2)cc1ON=O)C(=O)NC=O. The maximum Gasteiger partial charge on any atom is 0.273 e. The first kappa shape index (κ1) is 18.7. The van der Waals surface area contributed by atoms with Gasteiger partial charge in [0.05, 0.1) is 0 Å². The number of hydrogen-bond acceptors (Lipinski definition) is 7. The summed E-state index contributed by atoms with van der Waals surface area (Å²) in [6, 6.07) is 14.3. The molecule has 0 bridgehead atoms. The monoisotopic (exact) mass is 355 g/mol. The summed E-state index contributed by atoms with van der Waals surface area (Å²) in [6.45, 7) is 0.341. The topological polar surface area (TPSA) is 106 Å². The molecule has 8 nitrogen and oxygen atoms in total. The van der Waals surface area contributed by atoms with E-state index in [1.165, 1.54) is 19.2 Å². The number of hydrogen-bond donors (Lipinski definition) is 2.